The van der Waals surface area contributed by atoms with Crippen LogP contribution in [0.25, 0.3) is 0 Å². The maximum absolute atomic E-state index is 11.2. The van der Waals surface area contributed by atoms with Crippen LogP contribution in [0.2, 0.25) is 0 Å². The highest BCUT2D eigenvalue weighted by molar-refractivity contribution is 5.93. The Labute approximate surface area is 153 Å². The predicted octanol–water partition coefficient (Wildman–Crippen LogP) is 3.67. The SMILES string of the molecule is COC(=O)Nc1ccc(CN=C(N)Nc2cccc3c2CCCC3)cc1. The van der Waals surface area contributed by atoms with Crippen molar-refractivity contribution in [3.8, 4) is 0 Å². The van der Waals surface area contributed by atoms with Crippen LogP contribution < -0.4 is 16.4 Å². The number of rotatable bonds is 4. The van der Waals surface area contributed by atoms with Gasteiger partial charge in [-0.1, -0.05) is 24.3 Å². The largest absolute Gasteiger partial charge is 0.453 e. The topological polar surface area (TPSA) is 88.7 Å². The fraction of sp³-hybridized carbons (Fsp3) is 0.300. The van der Waals surface area contributed by atoms with Gasteiger partial charge in [-0.25, -0.2) is 9.79 Å². The fourth-order valence-electron chi connectivity index (χ4n) is 3.11. The number of carbonyl (C=O) groups excluding carboxylic acids is 1. The number of methoxy groups -OCH3 is 1. The monoisotopic (exact) mass is 352 g/mol. The Morgan fingerprint density at radius 2 is 1.88 bits per heavy atom. The first-order chi connectivity index (χ1) is 12.7. The lowest BCUT2D eigenvalue weighted by molar-refractivity contribution is 0.187. The van der Waals surface area contributed by atoms with E-state index in [2.05, 4.69) is 38.6 Å². The van der Waals surface area contributed by atoms with Crippen LogP contribution in [0, 0.1) is 0 Å². The number of benzene rings is 2. The number of ether oxygens (including phenoxy) is 1. The molecule has 6 nitrogen and oxygen atoms in total. The summed E-state index contributed by atoms with van der Waals surface area (Å²) < 4.78 is 4.56. The van der Waals surface area contributed by atoms with Crippen LogP contribution in [0.5, 0.6) is 0 Å². The van der Waals surface area contributed by atoms with E-state index in [0.29, 0.717) is 18.2 Å². The molecule has 3 rings (SSSR count). The molecule has 0 bridgehead atoms. The van der Waals surface area contributed by atoms with E-state index in [4.69, 9.17) is 5.73 Å². The van der Waals surface area contributed by atoms with Crippen molar-refractivity contribution in [2.24, 2.45) is 10.7 Å². The predicted molar refractivity (Wildman–Crippen MR) is 105 cm³/mol. The summed E-state index contributed by atoms with van der Waals surface area (Å²) in [6.45, 7) is 0.465. The average molecular weight is 352 g/mol. The van der Waals surface area contributed by atoms with E-state index in [1.165, 1.54) is 31.1 Å². The first-order valence-electron chi connectivity index (χ1n) is 8.77. The number of guanidine groups is 1. The minimum Gasteiger partial charge on any atom is -0.453 e. The molecule has 0 radical (unpaired) electrons. The number of carbonyl (C=O) groups is 1. The molecule has 26 heavy (non-hydrogen) atoms. The van der Waals surface area contributed by atoms with Crippen LogP contribution in [0.1, 0.15) is 29.5 Å². The van der Waals surface area contributed by atoms with Crippen LogP contribution in [0.15, 0.2) is 47.5 Å². The van der Waals surface area contributed by atoms with Gasteiger partial charge in [0.05, 0.1) is 13.7 Å². The number of anilines is 2. The number of amides is 1. The second-order valence-electron chi connectivity index (χ2n) is 6.29. The van der Waals surface area contributed by atoms with Gasteiger partial charge in [0.25, 0.3) is 0 Å². The summed E-state index contributed by atoms with van der Waals surface area (Å²) in [5.74, 6) is 0.403. The summed E-state index contributed by atoms with van der Waals surface area (Å²) in [6.07, 6.45) is 4.19. The molecule has 136 valence electrons. The molecule has 4 N–H and O–H groups in total. The standard InChI is InChI=1S/C20H24N4O2/c1-26-20(25)23-16-11-9-14(10-12-16)13-22-19(21)24-18-8-4-6-15-5-2-3-7-17(15)18/h4,6,8-12H,2-3,5,7,13H2,1H3,(H,23,25)(H3,21,22,24). The first kappa shape index (κ1) is 17.8. The highest BCUT2D eigenvalue weighted by atomic mass is 16.5. The van der Waals surface area contributed by atoms with E-state index in [9.17, 15) is 4.79 Å². The molecule has 1 amide bonds. The van der Waals surface area contributed by atoms with Crippen LogP contribution >= 0.6 is 0 Å². The molecule has 6 heteroatoms. The number of hydrogen-bond acceptors (Lipinski definition) is 3. The molecule has 0 heterocycles. The highest BCUT2D eigenvalue weighted by Crippen LogP contribution is 2.27. The number of hydrogen-bond donors (Lipinski definition) is 3. The van der Waals surface area contributed by atoms with Gasteiger partial charge in [0.15, 0.2) is 5.96 Å². The van der Waals surface area contributed by atoms with Gasteiger partial charge < -0.3 is 15.8 Å². The van der Waals surface area contributed by atoms with E-state index in [1.807, 2.05) is 12.1 Å². The second kappa shape index (κ2) is 8.38. The van der Waals surface area contributed by atoms with E-state index in [0.717, 1.165) is 24.1 Å². The Balaban J connectivity index is 1.61. The Morgan fingerprint density at radius 1 is 1.12 bits per heavy atom. The third-order valence-electron chi connectivity index (χ3n) is 4.48. The Kier molecular flexibility index (Phi) is 5.73. The maximum Gasteiger partial charge on any atom is 0.411 e. The van der Waals surface area contributed by atoms with Crippen molar-refractivity contribution in [3.63, 3.8) is 0 Å². The number of nitrogens with one attached hydrogen (secondary N) is 2. The van der Waals surface area contributed by atoms with E-state index >= 15 is 0 Å². The summed E-state index contributed by atoms with van der Waals surface area (Å²) in [7, 11) is 1.33. The molecule has 0 aliphatic heterocycles. The smallest absolute Gasteiger partial charge is 0.411 e. The number of aryl methyl sites for hydroxylation is 1. The van der Waals surface area contributed by atoms with Gasteiger partial charge in [-0.05, 0) is 60.6 Å². The summed E-state index contributed by atoms with van der Waals surface area (Å²) >= 11 is 0. The number of nitrogens with two attached hydrogens (primary N) is 1. The van der Waals surface area contributed by atoms with Crippen molar-refractivity contribution >= 4 is 23.4 Å². The Bertz CT molecular complexity index is 800. The van der Waals surface area contributed by atoms with Gasteiger partial charge in [0, 0.05) is 11.4 Å². The van der Waals surface area contributed by atoms with Crippen LogP contribution in [0.4, 0.5) is 16.2 Å². The molecule has 0 fully saturated rings. The molecular weight excluding hydrogens is 328 g/mol. The third-order valence-corrected chi connectivity index (χ3v) is 4.48. The van der Waals surface area contributed by atoms with Gasteiger partial charge in [-0.15, -0.1) is 0 Å². The molecule has 1 aliphatic carbocycles. The number of fused-ring (bicyclic) bond motifs is 1. The van der Waals surface area contributed by atoms with Crippen LogP contribution in [-0.2, 0) is 24.1 Å². The minimum atomic E-state index is -0.490. The number of nitrogens with zero attached hydrogens (tertiary/aromatic N) is 1. The molecule has 0 unspecified atom stereocenters. The quantitative estimate of drug-likeness (QED) is 0.578. The average Bonchev–Trinajstić information content (AvgIpc) is 2.67. The zero-order chi connectivity index (χ0) is 18.4. The van der Waals surface area contributed by atoms with Crippen molar-refractivity contribution in [3.05, 3.63) is 59.2 Å². The molecule has 0 atom stereocenters. The lowest BCUT2D eigenvalue weighted by Gasteiger charge is -2.19. The van der Waals surface area contributed by atoms with Crippen LogP contribution in [0.3, 0.4) is 0 Å². The van der Waals surface area contributed by atoms with Crippen molar-refractivity contribution in [2.45, 2.75) is 32.2 Å². The lowest BCUT2D eigenvalue weighted by Crippen LogP contribution is -2.24. The van der Waals surface area contributed by atoms with Gasteiger partial charge in [0.2, 0.25) is 0 Å². The highest BCUT2D eigenvalue weighted by Gasteiger charge is 2.13. The Morgan fingerprint density at radius 3 is 2.65 bits per heavy atom. The summed E-state index contributed by atoms with van der Waals surface area (Å²) in [6, 6.07) is 13.7. The molecule has 1 aliphatic rings. The van der Waals surface area contributed by atoms with E-state index in [1.54, 1.807) is 12.1 Å². The molecule has 0 saturated heterocycles. The molecule has 0 aromatic heterocycles. The van der Waals surface area contributed by atoms with Gasteiger partial charge in [0.1, 0.15) is 0 Å². The van der Waals surface area contributed by atoms with Gasteiger partial charge in [-0.3, -0.25) is 5.32 Å². The molecular formula is C20H24N4O2. The third kappa shape index (κ3) is 4.53. The van der Waals surface area contributed by atoms with Gasteiger partial charge in [-0.2, -0.15) is 0 Å². The first-order valence-corrected chi connectivity index (χ1v) is 8.77. The Hall–Kier alpha value is -3.02. The summed E-state index contributed by atoms with van der Waals surface area (Å²) in [5, 5.41) is 5.85. The second-order valence-corrected chi connectivity index (χ2v) is 6.29. The van der Waals surface area contributed by atoms with Crippen molar-refractivity contribution in [2.75, 3.05) is 17.7 Å². The fourth-order valence-corrected chi connectivity index (χ4v) is 3.11. The van der Waals surface area contributed by atoms with E-state index < -0.39 is 6.09 Å². The number of aliphatic imine (C=N–C) groups is 1. The van der Waals surface area contributed by atoms with Crippen molar-refractivity contribution < 1.29 is 9.53 Å². The van der Waals surface area contributed by atoms with E-state index in [-0.39, 0.29) is 0 Å². The maximum atomic E-state index is 11.2. The minimum absolute atomic E-state index is 0.403. The lowest BCUT2D eigenvalue weighted by atomic mass is 9.90. The van der Waals surface area contributed by atoms with Crippen molar-refractivity contribution in [1.29, 1.82) is 0 Å². The van der Waals surface area contributed by atoms with Crippen LogP contribution in [-0.4, -0.2) is 19.2 Å². The zero-order valence-corrected chi connectivity index (χ0v) is 14.9. The molecule has 2 aromatic carbocycles. The normalized spacial score (nSPS) is 13.7. The zero-order valence-electron chi connectivity index (χ0n) is 14.9. The van der Waals surface area contributed by atoms with Gasteiger partial charge >= 0.3 is 6.09 Å². The summed E-state index contributed by atoms with van der Waals surface area (Å²) in [5.41, 5.74) is 11.6. The van der Waals surface area contributed by atoms with Crippen molar-refractivity contribution in [1.82, 2.24) is 0 Å². The summed E-state index contributed by atoms with van der Waals surface area (Å²) in [4.78, 5) is 15.6. The molecule has 0 saturated carbocycles. The molecule has 0 spiro atoms. The molecule has 2 aromatic rings.